The van der Waals surface area contributed by atoms with Crippen molar-refractivity contribution in [1.82, 2.24) is 20.0 Å². The van der Waals surface area contributed by atoms with Crippen molar-refractivity contribution in [2.45, 2.75) is 63.7 Å². The second-order valence-electron chi connectivity index (χ2n) is 6.81. The van der Waals surface area contributed by atoms with Crippen molar-refractivity contribution in [1.29, 1.82) is 0 Å². The molecule has 1 aromatic heterocycles. The zero-order valence-electron chi connectivity index (χ0n) is 14.2. The Morgan fingerprint density at radius 2 is 1.91 bits per heavy atom. The Hall–Kier alpha value is -1.56. The summed E-state index contributed by atoms with van der Waals surface area (Å²) in [5.74, 6) is 0. The summed E-state index contributed by atoms with van der Waals surface area (Å²) in [7, 11) is 1.88. The van der Waals surface area contributed by atoms with E-state index in [-0.39, 0.29) is 12.1 Å². The van der Waals surface area contributed by atoms with E-state index in [9.17, 15) is 4.79 Å². The fraction of sp³-hybridized carbons (Fsp3) is 0.765. The lowest BCUT2D eigenvalue weighted by Crippen LogP contribution is -2.47. The maximum absolute atomic E-state index is 12.4. The molecular weight excluding hydrogens is 292 g/mol. The van der Waals surface area contributed by atoms with E-state index in [0.717, 1.165) is 31.6 Å². The van der Waals surface area contributed by atoms with E-state index in [4.69, 9.17) is 4.74 Å². The van der Waals surface area contributed by atoms with Gasteiger partial charge in [-0.05, 0) is 38.7 Å². The summed E-state index contributed by atoms with van der Waals surface area (Å²) >= 11 is 0. The first-order valence-electron chi connectivity index (χ1n) is 8.82. The van der Waals surface area contributed by atoms with Crippen molar-refractivity contribution >= 4 is 6.03 Å². The Morgan fingerprint density at radius 1 is 1.26 bits per heavy atom. The van der Waals surface area contributed by atoms with E-state index >= 15 is 0 Å². The number of ether oxygens (including phenoxy) is 1. The molecule has 2 aliphatic rings. The van der Waals surface area contributed by atoms with Gasteiger partial charge in [0.05, 0.1) is 23.9 Å². The van der Waals surface area contributed by atoms with Gasteiger partial charge in [0.25, 0.3) is 0 Å². The fourth-order valence-corrected chi connectivity index (χ4v) is 3.51. The molecule has 0 bridgehead atoms. The van der Waals surface area contributed by atoms with Gasteiger partial charge in [-0.2, -0.15) is 5.10 Å². The third kappa shape index (κ3) is 4.25. The van der Waals surface area contributed by atoms with Crippen molar-refractivity contribution < 1.29 is 9.53 Å². The van der Waals surface area contributed by atoms with Crippen LogP contribution in [0.15, 0.2) is 12.3 Å². The quantitative estimate of drug-likeness (QED) is 0.928. The van der Waals surface area contributed by atoms with Crippen LogP contribution in [0.5, 0.6) is 0 Å². The molecule has 23 heavy (non-hydrogen) atoms. The predicted octanol–water partition coefficient (Wildman–Crippen LogP) is 2.61. The third-order valence-corrected chi connectivity index (χ3v) is 4.93. The molecule has 1 aromatic rings. The maximum atomic E-state index is 12.4. The lowest BCUT2D eigenvalue weighted by Gasteiger charge is -2.33. The van der Waals surface area contributed by atoms with E-state index in [2.05, 4.69) is 10.4 Å². The molecule has 3 rings (SSSR count). The number of amides is 2. The second-order valence-corrected chi connectivity index (χ2v) is 6.81. The molecule has 0 aromatic carbocycles. The van der Waals surface area contributed by atoms with Gasteiger partial charge >= 0.3 is 6.03 Å². The predicted molar refractivity (Wildman–Crippen MR) is 88.1 cm³/mol. The van der Waals surface area contributed by atoms with Crippen LogP contribution >= 0.6 is 0 Å². The summed E-state index contributed by atoms with van der Waals surface area (Å²) < 4.78 is 7.92. The number of hydrogen-bond acceptors (Lipinski definition) is 3. The van der Waals surface area contributed by atoms with Gasteiger partial charge in [-0.3, -0.25) is 4.68 Å². The van der Waals surface area contributed by atoms with E-state index in [0.29, 0.717) is 12.2 Å². The Kier molecular flexibility index (Phi) is 5.20. The van der Waals surface area contributed by atoms with E-state index in [1.54, 1.807) is 4.68 Å². The molecule has 2 amide bonds. The number of aryl methyl sites for hydroxylation is 1. The number of urea groups is 1. The number of carbonyl (C=O) groups is 1. The molecule has 6 heteroatoms. The van der Waals surface area contributed by atoms with E-state index in [1.807, 2.05) is 31.1 Å². The highest BCUT2D eigenvalue weighted by atomic mass is 16.5. The van der Waals surface area contributed by atoms with Crippen LogP contribution in [0.4, 0.5) is 4.79 Å². The maximum Gasteiger partial charge on any atom is 0.317 e. The highest BCUT2D eigenvalue weighted by Gasteiger charge is 2.27. The standard InChI is InChI=1S/C17H28N4O2/c1-13(16-9-10-20(2)19-16)18-17(22)21-11-7-15(8-12-21)23-14-5-3-4-6-14/h9-10,13-15H,3-8,11-12H2,1-2H3,(H,18,22). The number of likely N-dealkylation sites (tertiary alicyclic amines) is 1. The molecule has 6 nitrogen and oxygen atoms in total. The number of hydrogen-bond donors (Lipinski definition) is 1. The number of aromatic nitrogens is 2. The molecule has 0 radical (unpaired) electrons. The zero-order valence-corrected chi connectivity index (χ0v) is 14.2. The normalized spacial score (nSPS) is 21.6. The van der Waals surface area contributed by atoms with E-state index in [1.165, 1.54) is 25.7 Å². The van der Waals surface area contributed by atoms with Crippen LogP contribution in [0.2, 0.25) is 0 Å². The van der Waals surface area contributed by atoms with E-state index < -0.39 is 0 Å². The van der Waals surface area contributed by atoms with Crippen molar-refractivity contribution in [3.8, 4) is 0 Å². The number of nitrogens with zero attached hydrogens (tertiary/aromatic N) is 3. The molecule has 1 unspecified atom stereocenters. The number of carbonyl (C=O) groups excluding carboxylic acids is 1. The molecular formula is C17H28N4O2. The highest BCUT2D eigenvalue weighted by molar-refractivity contribution is 5.74. The molecule has 2 heterocycles. The molecule has 1 aliphatic carbocycles. The first-order chi connectivity index (χ1) is 11.1. The minimum Gasteiger partial charge on any atom is -0.375 e. The van der Waals surface area contributed by atoms with Crippen molar-refractivity contribution in [2.24, 2.45) is 7.05 Å². The SMILES string of the molecule is CC(NC(=O)N1CCC(OC2CCCC2)CC1)c1ccn(C)n1. The molecule has 1 atom stereocenters. The van der Waals surface area contributed by atoms with Gasteiger partial charge in [0.1, 0.15) is 0 Å². The topological polar surface area (TPSA) is 59.4 Å². The Balaban J connectivity index is 1.42. The fourth-order valence-electron chi connectivity index (χ4n) is 3.51. The van der Waals surface area contributed by atoms with Crippen LogP contribution in [-0.2, 0) is 11.8 Å². The van der Waals surface area contributed by atoms with Crippen LogP contribution in [0, 0.1) is 0 Å². The van der Waals surface area contributed by atoms with Crippen LogP contribution < -0.4 is 5.32 Å². The first kappa shape index (κ1) is 16.3. The molecule has 1 saturated heterocycles. The van der Waals surface area contributed by atoms with Gasteiger partial charge in [-0.15, -0.1) is 0 Å². The highest BCUT2D eigenvalue weighted by Crippen LogP contribution is 2.25. The molecule has 2 fully saturated rings. The number of piperidine rings is 1. The van der Waals surface area contributed by atoms with Crippen molar-refractivity contribution in [3.63, 3.8) is 0 Å². The average molecular weight is 320 g/mol. The van der Waals surface area contributed by atoms with Gasteiger partial charge in [0, 0.05) is 26.3 Å². The lowest BCUT2D eigenvalue weighted by molar-refractivity contribution is -0.0339. The van der Waals surface area contributed by atoms with Gasteiger partial charge in [-0.25, -0.2) is 4.79 Å². The summed E-state index contributed by atoms with van der Waals surface area (Å²) in [6.07, 6.45) is 9.60. The average Bonchev–Trinajstić information content (AvgIpc) is 3.19. The molecule has 0 spiro atoms. The second kappa shape index (κ2) is 7.34. The number of rotatable bonds is 4. The summed E-state index contributed by atoms with van der Waals surface area (Å²) in [5, 5.41) is 7.38. The van der Waals surface area contributed by atoms with Crippen LogP contribution in [0.3, 0.4) is 0 Å². The minimum absolute atomic E-state index is 0.00229. The molecule has 1 N–H and O–H groups in total. The lowest BCUT2D eigenvalue weighted by atomic mass is 10.1. The summed E-state index contributed by atoms with van der Waals surface area (Å²) in [4.78, 5) is 14.3. The molecule has 1 aliphatic heterocycles. The van der Waals surface area contributed by atoms with Gasteiger partial charge in [0.2, 0.25) is 0 Å². The van der Waals surface area contributed by atoms with Gasteiger partial charge in [-0.1, -0.05) is 12.8 Å². The van der Waals surface area contributed by atoms with Gasteiger partial charge < -0.3 is 15.0 Å². The monoisotopic (exact) mass is 320 g/mol. The minimum atomic E-state index is -0.0730. The van der Waals surface area contributed by atoms with Crippen LogP contribution in [-0.4, -0.2) is 46.0 Å². The largest absolute Gasteiger partial charge is 0.375 e. The Bertz CT molecular complexity index is 516. The van der Waals surface area contributed by atoms with Crippen LogP contribution in [0.1, 0.15) is 57.2 Å². The zero-order chi connectivity index (χ0) is 16.2. The third-order valence-electron chi connectivity index (χ3n) is 4.93. The Labute approximate surface area is 138 Å². The smallest absolute Gasteiger partial charge is 0.317 e. The van der Waals surface area contributed by atoms with Crippen LogP contribution in [0.25, 0.3) is 0 Å². The summed E-state index contributed by atoms with van der Waals surface area (Å²) in [5.41, 5.74) is 0.889. The molecule has 128 valence electrons. The Morgan fingerprint density at radius 3 is 2.52 bits per heavy atom. The van der Waals surface area contributed by atoms with Crippen molar-refractivity contribution in [3.05, 3.63) is 18.0 Å². The summed E-state index contributed by atoms with van der Waals surface area (Å²) in [6, 6.07) is 1.87. The van der Waals surface area contributed by atoms with Gasteiger partial charge in [0.15, 0.2) is 0 Å². The summed E-state index contributed by atoms with van der Waals surface area (Å²) in [6.45, 7) is 3.52. The number of nitrogens with one attached hydrogen (secondary N) is 1. The first-order valence-corrected chi connectivity index (χ1v) is 8.82. The van der Waals surface area contributed by atoms with Crippen molar-refractivity contribution in [2.75, 3.05) is 13.1 Å². The molecule has 1 saturated carbocycles.